The minimum absolute atomic E-state index is 0.0691. The van der Waals surface area contributed by atoms with E-state index in [0.717, 1.165) is 50.5 Å². The molecule has 1 saturated heterocycles. The molecule has 11 heteroatoms. The second-order valence-corrected chi connectivity index (χ2v) is 13.0. The Morgan fingerprint density at radius 3 is 2.71 bits per heavy atom. The van der Waals surface area contributed by atoms with Gasteiger partial charge in [0.2, 0.25) is 0 Å². The fourth-order valence-corrected chi connectivity index (χ4v) is 6.97. The molecule has 6 rings (SSSR count). The number of ether oxygens (including phenoxy) is 1. The molecule has 1 aliphatic carbocycles. The van der Waals surface area contributed by atoms with Crippen molar-refractivity contribution in [3.63, 3.8) is 0 Å². The average Bonchev–Trinajstić information content (AvgIpc) is 3.79. The lowest BCUT2D eigenvalue weighted by Crippen LogP contribution is -2.39. The number of aromatic amines is 1. The summed E-state index contributed by atoms with van der Waals surface area (Å²) in [6.45, 7) is 0.426. The maximum Gasteiger partial charge on any atom is 0.354 e. The number of nitrogens with zero attached hydrogens (tertiary/aromatic N) is 3. The van der Waals surface area contributed by atoms with Crippen molar-refractivity contribution in [3.8, 4) is 16.9 Å². The summed E-state index contributed by atoms with van der Waals surface area (Å²) < 4.78 is 21.9. The fraction of sp³-hybridized carbons (Fsp3) is 0.441. The smallest absolute Gasteiger partial charge is 0.354 e. The summed E-state index contributed by atoms with van der Waals surface area (Å²) in [7, 11) is 2.12. The third-order valence-electron chi connectivity index (χ3n) is 9.46. The summed E-state index contributed by atoms with van der Waals surface area (Å²) in [5.41, 5.74) is 15.3. The number of nitrogens with one attached hydrogen (secondary N) is 2. The number of halogens is 2. The molecule has 1 saturated carbocycles. The molecule has 1 unspecified atom stereocenters. The predicted octanol–water partition coefficient (Wildman–Crippen LogP) is 6.06. The number of aryl methyl sites for hydroxylation is 1. The molecule has 6 N–H and O–H groups in total. The van der Waals surface area contributed by atoms with Gasteiger partial charge in [0.15, 0.2) is 5.82 Å². The highest BCUT2D eigenvalue weighted by Crippen LogP contribution is 2.36. The zero-order chi connectivity index (χ0) is 31.7. The summed E-state index contributed by atoms with van der Waals surface area (Å²) >= 11 is 6.32. The highest BCUT2D eigenvalue weighted by Gasteiger charge is 2.29. The van der Waals surface area contributed by atoms with E-state index < -0.39 is 11.5 Å². The summed E-state index contributed by atoms with van der Waals surface area (Å²) in [6, 6.07) is 13.9. The van der Waals surface area contributed by atoms with Gasteiger partial charge in [0.25, 0.3) is 6.02 Å². The van der Waals surface area contributed by atoms with Crippen molar-refractivity contribution in [2.75, 3.05) is 13.7 Å². The largest absolute Gasteiger partial charge is 0.466 e. The first kappa shape index (κ1) is 31.3. The van der Waals surface area contributed by atoms with Crippen LogP contribution >= 0.6 is 11.6 Å². The highest BCUT2D eigenvalue weighted by atomic mass is 35.5. The van der Waals surface area contributed by atoms with Crippen LogP contribution in [0.2, 0.25) is 5.02 Å². The molecule has 3 atom stereocenters. The Labute approximate surface area is 267 Å². The van der Waals surface area contributed by atoms with E-state index in [9.17, 15) is 4.79 Å². The van der Waals surface area contributed by atoms with Crippen LogP contribution in [0.1, 0.15) is 68.5 Å². The Bertz CT molecular complexity index is 1730. The average molecular weight is 634 g/mol. The lowest BCUT2D eigenvalue weighted by atomic mass is 9.90. The molecule has 45 heavy (non-hydrogen) atoms. The van der Waals surface area contributed by atoms with Crippen molar-refractivity contribution in [2.45, 2.75) is 75.9 Å². The number of fused-ring (bicyclic) bond motifs is 1. The van der Waals surface area contributed by atoms with Crippen molar-refractivity contribution in [1.29, 1.82) is 5.41 Å². The zero-order valence-electron chi connectivity index (χ0n) is 25.6. The number of likely N-dealkylation sites (tertiary alicyclic amines) is 1. The van der Waals surface area contributed by atoms with Crippen LogP contribution in [0.5, 0.6) is 0 Å². The van der Waals surface area contributed by atoms with Gasteiger partial charge in [-0.3, -0.25) is 14.9 Å². The summed E-state index contributed by atoms with van der Waals surface area (Å²) in [5.74, 6) is 0.147. The van der Waals surface area contributed by atoms with Crippen LogP contribution in [0, 0.1) is 17.1 Å². The normalized spacial score (nSPS) is 19.6. The number of piperidine rings is 1. The molecule has 0 bridgehead atoms. The number of amidine groups is 1. The highest BCUT2D eigenvalue weighted by molar-refractivity contribution is 6.31. The van der Waals surface area contributed by atoms with Gasteiger partial charge >= 0.3 is 5.69 Å². The van der Waals surface area contributed by atoms with Crippen molar-refractivity contribution < 1.29 is 9.13 Å². The maximum absolute atomic E-state index is 15.2. The van der Waals surface area contributed by atoms with E-state index in [0.29, 0.717) is 46.5 Å². The van der Waals surface area contributed by atoms with Gasteiger partial charge in [-0.1, -0.05) is 23.7 Å². The van der Waals surface area contributed by atoms with Gasteiger partial charge in [-0.05, 0) is 112 Å². The van der Waals surface area contributed by atoms with E-state index in [1.807, 2.05) is 18.2 Å². The van der Waals surface area contributed by atoms with Gasteiger partial charge in [-0.2, -0.15) is 4.98 Å². The van der Waals surface area contributed by atoms with Gasteiger partial charge in [-0.15, -0.1) is 0 Å². The van der Waals surface area contributed by atoms with E-state index in [1.165, 1.54) is 23.0 Å². The van der Waals surface area contributed by atoms with Crippen LogP contribution in [0.3, 0.4) is 0 Å². The molecule has 0 spiro atoms. The van der Waals surface area contributed by atoms with Crippen LogP contribution in [-0.2, 0) is 11.2 Å². The molecule has 2 aliphatic rings. The molecule has 0 amide bonds. The van der Waals surface area contributed by atoms with E-state index >= 15 is 4.39 Å². The molecular weight excluding hydrogens is 593 g/mol. The van der Waals surface area contributed by atoms with Gasteiger partial charge in [0, 0.05) is 35.3 Å². The minimum Gasteiger partial charge on any atom is -0.466 e. The number of hydrogen-bond acceptors (Lipinski definition) is 6. The minimum atomic E-state index is -0.506. The van der Waals surface area contributed by atoms with Crippen LogP contribution in [0.15, 0.2) is 53.5 Å². The molecule has 4 aromatic rings. The number of nitrogens with two attached hydrogens (primary N) is 2. The van der Waals surface area contributed by atoms with Crippen molar-refractivity contribution >= 4 is 28.7 Å². The summed E-state index contributed by atoms with van der Waals surface area (Å²) in [6.07, 6.45) is 10.8. The van der Waals surface area contributed by atoms with Crippen LogP contribution < -0.4 is 17.2 Å². The standard InChI is InChI=1S/C34H41ClFN7O2/c1-42-24(14-15-45-33(38)39)5-3-7-30(42)22-10-12-25(13-11-22)43-19-23-18-29(40-32(23)41-34(43)44)26-16-20(17-27(35)31(26)36)4-2-6-28(37)21-8-9-21/h10-13,16-19,21,24,28,30H,2-9,14-15,37H2,1H3,(H3,38,39)(H,40,41,44)/t24-,28+,30?/m0/s1. The number of rotatable bonds is 11. The predicted molar refractivity (Wildman–Crippen MR) is 176 cm³/mol. The summed E-state index contributed by atoms with van der Waals surface area (Å²) in [5, 5.41) is 8.04. The number of H-pyrrole nitrogens is 1. The molecule has 2 aromatic heterocycles. The number of aromatic nitrogens is 3. The van der Waals surface area contributed by atoms with Crippen molar-refractivity contribution in [2.24, 2.45) is 17.4 Å². The lowest BCUT2D eigenvalue weighted by molar-refractivity contribution is 0.0940. The van der Waals surface area contributed by atoms with E-state index in [2.05, 4.69) is 34.0 Å². The molecule has 9 nitrogen and oxygen atoms in total. The first-order valence-corrected chi connectivity index (χ1v) is 16.2. The first-order valence-electron chi connectivity index (χ1n) is 15.8. The van der Waals surface area contributed by atoms with E-state index in [-0.39, 0.29) is 23.1 Å². The molecule has 3 heterocycles. The molecule has 2 fully saturated rings. The summed E-state index contributed by atoms with van der Waals surface area (Å²) in [4.78, 5) is 22.9. The third kappa shape index (κ3) is 7.08. The van der Waals surface area contributed by atoms with Crippen LogP contribution in [0.25, 0.3) is 28.0 Å². The SMILES string of the molecule is CN1C(c2ccc(-n3cc4cc(-c5cc(CCC[C@@H](N)C6CC6)cc(Cl)c5F)[nH]c4nc3=O)cc2)CCC[C@H]1CCOC(=N)N. The number of benzene rings is 2. The van der Waals surface area contributed by atoms with Crippen molar-refractivity contribution in [3.05, 3.63) is 81.1 Å². The lowest BCUT2D eigenvalue weighted by Gasteiger charge is -2.40. The van der Waals surface area contributed by atoms with Crippen LogP contribution in [-0.4, -0.2) is 51.2 Å². The van der Waals surface area contributed by atoms with Crippen LogP contribution in [0.4, 0.5) is 4.39 Å². The zero-order valence-corrected chi connectivity index (χ0v) is 26.3. The molecule has 238 valence electrons. The van der Waals surface area contributed by atoms with Crippen molar-refractivity contribution in [1.82, 2.24) is 19.4 Å². The molecule has 1 aliphatic heterocycles. The molecule has 2 aromatic carbocycles. The first-order chi connectivity index (χ1) is 21.7. The molecule has 0 radical (unpaired) electrons. The van der Waals surface area contributed by atoms with Gasteiger partial charge in [0.1, 0.15) is 5.65 Å². The Morgan fingerprint density at radius 1 is 1.20 bits per heavy atom. The Balaban J connectivity index is 1.19. The second kappa shape index (κ2) is 13.3. The Morgan fingerprint density at radius 2 is 1.98 bits per heavy atom. The second-order valence-electron chi connectivity index (χ2n) is 12.6. The quantitative estimate of drug-likeness (QED) is 0.117. The molecular formula is C34H41ClFN7O2. The monoisotopic (exact) mass is 633 g/mol. The van der Waals surface area contributed by atoms with E-state index in [4.69, 9.17) is 33.2 Å². The fourth-order valence-electron chi connectivity index (χ4n) is 6.73. The van der Waals surface area contributed by atoms with Gasteiger partial charge < -0.3 is 21.2 Å². The topological polar surface area (TPSA) is 139 Å². The van der Waals surface area contributed by atoms with E-state index in [1.54, 1.807) is 18.3 Å². The maximum atomic E-state index is 15.2. The van der Waals surface area contributed by atoms with Gasteiger partial charge in [-0.25, -0.2) is 9.18 Å². The third-order valence-corrected chi connectivity index (χ3v) is 9.74. The van der Waals surface area contributed by atoms with Gasteiger partial charge in [0.05, 0.1) is 23.0 Å². The Hall–Kier alpha value is -3.73. The number of hydrogen-bond donors (Lipinski definition) is 4. The Kier molecular flexibility index (Phi) is 9.26.